The maximum atomic E-state index is 12.8. The Morgan fingerprint density at radius 2 is 1.86 bits per heavy atom. The number of fused-ring (bicyclic) bond motifs is 1. The van der Waals surface area contributed by atoms with Crippen molar-refractivity contribution in [3.63, 3.8) is 0 Å². The summed E-state index contributed by atoms with van der Waals surface area (Å²) in [7, 11) is 0. The molecule has 1 amide bonds. The van der Waals surface area contributed by atoms with Crippen LogP contribution in [0.1, 0.15) is 35.1 Å². The Morgan fingerprint density at radius 3 is 2.57 bits per heavy atom. The molecule has 0 radical (unpaired) electrons. The van der Waals surface area contributed by atoms with Gasteiger partial charge in [-0.2, -0.15) is 0 Å². The van der Waals surface area contributed by atoms with Crippen molar-refractivity contribution in [3.05, 3.63) is 46.5 Å². The SMILES string of the molecule is Cc1cc(C)c(CC(=O)N2CCC(Nc3ccc4nnnn4n3)CC2)c(C)c1. The first-order chi connectivity index (χ1) is 13.5. The van der Waals surface area contributed by atoms with Crippen LogP contribution < -0.4 is 5.32 Å². The number of amides is 1. The molecule has 1 aliphatic rings. The molecule has 0 bridgehead atoms. The van der Waals surface area contributed by atoms with E-state index in [-0.39, 0.29) is 11.9 Å². The van der Waals surface area contributed by atoms with Crippen LogP contribution in [0.25, 0.3) is 5.65 Å². The maximum Gasteiger partial charge on any atom is 0.227 e. The van der Waals surface area contributed by atoms with E-state index >= 15 is 0 Å². The van der Waals surface area contributed by atoms with E-state index < -0.39 is 0 Å². The first-order valence-corrected chi connectivity index (χ1v) is 9.66. The zero-order valence-corrected chi connectivity index (χ0v) is 16.5. The highest BCUT2D eigenvalue weighted by Gasteiger charge is 2.24. The third-order valence-corrected chi connectivity index (χ3v) is 5.44. The van der Waals surface area contributed by atoms with E-state index in [1.54, 1.807) is 0 Å². The lowest BCUT2D eigenvalue weighted by atomic mass is 9.96. The van der Waals surface area contributed by atoms with Crippen LogP contribution >= 0.6 is 0 Å². The van der Waals surface area contributed by atoms with E-state index in [1.807, 2.05) is 17.0 Å². The summed E-state index contributed by atoms with van der Waals surface area (Å²) in [6, 6.07) is 8.31. The fourth-order valence-electron chi connectivity index (χ4n) is 3.96. The van der Waals surface area contributed by atoms with Crippen molar-refractivity contribution < 1.29 is 4.79 Å². The average Bonchev–Trinajstić information content (AvgIpc) is 3.13. The minimum atomic E-state index is 0.210. The summed E-state index contributed by atoms with van der Waals surface area (Å²) in [6.07, 6.45) is 2.27. The molecule has 1 N–H and O–H groups in total. The summed E-state index contributed by atoms with van der Waals surface area (Å²) >= 11 is 0. The van der Waals surface area contributed by atoms with E-state index in [4.69, 9.17) is 0 Å². The zero-order chi connectivity index (χ0) is 19.7. The lowest BCUT2D eigenvalue weighted by Gasteiger charge is -2.33. The van der Waals surface area contributed by atoms with Gasteiger partial charge in [0.15, 0.2) is 5.65 Å². The number of hydrogen-bond acceptors (Lipinski definition) is 6. The van der Waals surface area contributed by atoms with Crippen LogP contribution in [0.3, 0.4) is 0 Å². The van der Waals surface area contributed by atoms with Crippen LogP contribution in [0.2, 0.25) is 0 Å². The number of aromatic nitrogens is 5. The number of anilines is 1. The van der Waals surface area contributed by atoms with E-state index in [0.29, 0.717) is 12.1 Å². The topological polar surface area (TPSA) is 88.3 Å². The molecule has 1 aliphatic heterocycles. The first-order valence-electron chi connectivity index (χ1n) is 9.66. The fraction of sp³-hybridized carbons (Fsp3) is 0.450. The molecule has 0 saturated carbocycles. The van der Waals surface area contributed by atoms with Crippen molar-refractivity contribution in [3.8, 4) is 0 Å². The highest BCUT2D eigenvalue weighted by atomic mass is 16.2. The molecule has 2 aromatic heterocycles. The highest BCUT2D eigenvalue weighted by molar-refractivity contribution is 5.79. The summed E-state index contributed by atoms with van der Waals surface area (Å²) in [5.74, 6) is 0.956. The summed E-state index contributed by atoms with van der Waals surface area (Å²) in [6.45, 7) is 7.79. The summed E-state index contributed by atoms with van der Waals surface area (Å²) in [5.41, 5.74) is 5.42. The van der Waals surface area contributed by atoms with Gasteiger partial charge in [-0.25, -0.2) is 0 Å². The fourth-order valence-corrected chi connectivity index (χ4v) is 3.96. The number of carbonyl (C=O) groups is 1. The van der Waals surface area contributed by atoms with E-state index in [2.05, 4.69) is 58.8 Å². The molecule has 1 fully saturated rings. The standard InChI is InChI=1S/C20H25N7O/c1-13-10-14(2)17(15(3)11-13)12-20(28)26-8-6-16(7-9-26)21-18-4-5-19-22-24-25-27(19)23-18/h4-5,10-11,16H,6-9,12H2,1-3H3,(H,21,23). The molecule has 0 spiro atoms. The molecule has 1 aromatic carbocycles. The van der Waals surface area contributed by atoms with Crippen molar-refractivity contribution in [1.82, 2.24) is 30.2 Å². The van der Waals surface area contributed by atoms with Gasteiger partial charge in [0.25, 0.3) is 0 Å². The van der Waals surface area contributed by atoms with Crippen molar-refractivity contribution in [2.24, 2.45) is 0 Å². The van der Waals surface area contributed by atoms with Gasteiger partial charge in [-0.15, -0.1) is 14.8 Å². The van der Waals surface area contributed by atoms with Gasteiger partial charge < -0.3 is 10.2 Å². The van der Waals surface area contributed by atoms with Gasteiger partial charge in [0.2, 0.25) is 5.91 Å². The number of benzene rings is 1. The second kappa shape index (κ2) is 7.53. The summed E-state index contributed by atoms with van der Waals surface area (Å²) in [4.78, 5) is 14.8. The molecule has 4 rings (SSSR count). The second-order valence-electron chi connectivity index (χ2n) is 7.60. The predicted octanol–water partition coefficient (Wildman–Crippen LogP) is 2.09. The van der Waals surface area contributed by atoms with Gasteiger partial charge >= 0.3 is 0 Å². The minimum absolute atomic E-state index is 0.210. The van der Waals surface area contributed by atoms with Gasteiger partial charge in [-0.3, -0.25) is 4.79 Å². The van der Waals surface area contributed by atoms with Crippen molar-refractivity contribution in [2.75, 3.05) is 18.4 Å². The molecule has 146 valence electrons. The van der Waals surface area contributed by atoms with E-state index in [9.17, 15) is 4.79 Å². The lowest BCUT2D eigenvalue weighted by Crippen LogP contribution is -2.43. The molecule has 1 saturated heterocycles. The van der Waals surface area contributed by atoms with Gasteiger partial charge in [0.1, 0.15) is 5.82 Å². The smallest absolute Gasteiger partial charge is 0.227 e. The molecule has 8 heteroatoms. The van der Waals surface area contributed by atoms with Crippen LogP contribution in [0.15, 0.2) is 24.3 Å². The van der Waals surface area contributed by atoms with Crippen molar-refractivity contribution in [2.45, 2.75) is 46.1 Å². The number of tetrazole rings is 1. The van der Waals surface area contributed by atoms with Crippen LogP contribution in [0.5, 0.6) is 0 Å². The third-order valence-electron chi connectivity index (χ3n) is 5.44. The van der Waals surface area contributed by atoms with Crippen LogP contribution in [0, 0.1) is 20.8 Å². The van der Waals surface area contributed by atoms with Crippen molar-refractivity contribution in [1.29, 1.82) is 0 Å². The monoisotopic (exact) mass is 379 g/mol. The highest BCUT2D eigenvalue weighted by Crippen LogP contribution is 2.20. The Balaban J connectivity index is 1.34. The molecule has 3 heterocycles. The van der Waals surface area contributed by atoms with Crippen molar-refractivity contribution >= 4 is 17.4 Å². The number of carbonyl (C=O) groups excluding carboxylic acids is 1. The van der Waals surface area contributed by atoms with E-state index in [1.165, 1.54) is 21.3 Å². The molecular weight excluding hydrogens is 354 g/mol. The average molecular weight is 379 g/mol. The summed E-state index contributed by atoms with van der Waals surface area (Å²) < 4.78 is 1.41. The zero-order valence-electron chi connectivity index (χ0n) is 16.5. The largest absolute Gasteiger partial charge is 0.366 e. The number of nitrogens with zero attached hydrogens (tertiary/aromatic N) is 6. The van der Waals surface area contributed by atoms with Gasteiger partial charge in [-0.1, -0.05) is 17.7 Å². The number of rotatable bonds is 4. The maximum absolute atomic E-state index is 12.8. The molecule has 28 heavy (non-hydrogen) atoms. The molecule has 0 unspecified atom stereocenters. The molecular formula is C20H25N7O. The Bertz CT molecular complexity index is 982. The van der Waals surface area contributed by atoms with Crippen LogP contribution in [-0.4, -0.2) is 55.2 Å². The molecule has 0 atom stereocenters. The number of hydrogen-bond donors (Lipinski definition) is 1. The normalized spacial score (nSPS) is 15.2. The number of likely N-dealkylation sites (tertiary alicyclic amines) is 1. The summed E-state index contributed by atoms with van der Waals surface area (Å²) in [5, 5.41) is 19.1. The Hall–Kier alpha value is -3.03. The Labute approximate surface area is 163 Å². The lowest BCUT2D eigenvalue weighted by molar-refractivity contribution is -0.131. The Morgan fingerprint density at radius 1 is 1.14 bits per heavy atom. The molecule has 0 aliphatic carbocycles. The first kappa shape index (κ1) is 18.3. The van der Waals surface area contributed by atoms with Gasteiger partial charge in [-0.05, 0) is 72.9 Å². The molecule has 8 nitrogen and oxygen atoms in total. The van der Waals surface area contributed by atoms with Crippen LogP contribution in [0.4, 0.5) is 5.82 Å². The van der Waals surface area contributed by atoms with Gasteiger partial charge in [0.05, 0.1) is 6.42 Å². The van der Waals surface area contributed by atoms with Crippen LogP contribution in [-0.2, 0) is 11.2 Å². The predicted molar refractivity (Wildman–Crippen MR) is 106 cm³/mol. The molecule has 3 aromatic rings. The van der Waals surface area contributed by atoms with Gasteiger partial charge in [0, 0.05) is 19.1 Å². The number of piperidine rings is 1. The third kappa shape index (κ3) is 3.81. The Kier molecular flexibility index (Phi) is 4.93. The second-order valence-corrected chi connectivity index (χ2v) is 7.60. The quantitative estimate of drug-likeness (QED) is 0.747. The van der Waals surface area contributed by atoms with E-state index in [0.717, 1.165) is 37.3 Å². The number of nitrogens with one attached hydrogen (secondary N) is 1. The number of aryl methyl sites for hydroxylation is 3. The minimum Gasteiger partial charge on any atom is -0.366 e.